The predicted molar refractivity (Wildman–Crippen MR) is 44.3 cm³/mol. The number of rotatable bonds is 4. The summed E-state index contributed by atoms with van der Waals surface area (Å²) in [6, 6.07) is 0.147. The van der Waals surface area contributed by atoms with Gasteiger partial charge in [-0.2, -0.15) is 8.42 Å². The summed E-state index contributed by atoms with van der Waals surface area (Å²) in [6.45, 7) is 2.24. The van der Waals surface area contributed by atoms with Gasteiger partial charge in [0.05, 0.1) is 0 Å². The van der Waals surface area contributed by atoms with Crippen LogP contribution in [0.4, 0.5) is 0 Å². The number of likely N-dealkylation sites (N-methyl/N-ethyl adjacent to an activating group) is 1. The van der Waals surface area contributed by atoms with Crippen LogP contribution < -0.4 is 9.86 Å². The highest BCUT2D eigenvalue weighted by molar-refractivity contribution is 7.87. The summed E-state index contributed by atoms with van der Waals surface area (Å²) < 4.78 is 23.0. The lowest BCUT2D eigenvalue weighted by Gasteiger charge is -2.18. The molecule has 3 N–H and O–H groups in total. The van der Waals surface area contributed by atoms with Crippen LogP contribution in [-0.2, 0) is 10.2 Å². The fraction of sp³-hybridized carbons (Fsp3) is 1.00. The highest BCUT2D eigenvalue weighted by atomic mass is 32.2. The van der Waals surface area contributed by atoms with Gasteiger partial charge in [-0.05, 0) is 21.0 Å². The fourth-order valence-electron chi connectivity index (χ4n) is 0.419. The second kappa shape index (κ2) is 4.01. The summed E-state index contributed by atoms with van der Waals surface area (Å²) in [6.07, 6.45) is 0. The number of hydrogen-bond donors (Lipinski definition) is 2. The lowest BCUT2D eigenvalue weighted by atomic mass is 10.3. The molecule has 0 rings (SSSR count). The first-order valence-corrected chi connectivity index (χ1v) is 4.81. The molecule has 68 valence electrons. The van der Waals surface area contributed by atoms with Crippen LogP contribution in [0, 0.1) is 0 Å². The van der Waals surface area contributed by atoms with Crippen molar-refractivity contribution in [1.82, 2.24) is 9.62 Å². The third-order valence-electron chi connectivity index (χ3n) is 1.46. The third-order valence-corrected chi connectivity index (χ3v) is 2.03. The van der Waals surface area contributed by atoms with E-state index in [2.05, 4.69) is 4.72 Å². The Labute approximate surface area is 67.7 Å². The Balaban J connectivity index is 3.72. The van der Waals surface area contributed by atoms with Crippen molar-refractivity contribution in [3.63, 3.8) is 0 Å². The van der Waals surface area contributed by atoms with E-state index in [1.165, 1.54) is 0 Å². The Morgan fingerprint density at radius 1 is 1.55 bits per heavy atom. The van der Waals surface area contributed by atoms with E-state index in [-0.39, 0.29) is 6.04 Å². The SMILES string of the molecule is CC(CNS(N)(=O)=O)N(C)C. The normalized spacial score (nSPS) is 15.4. The van der Waals surface area contributed by atoms with Crippen molar-refractivity contribution in [2.45, 2.75) is 13.0 Å². The summed E-state index contributed by atoms with van der Waals surface area (Å²) in [5, 5.41) is 4.73. The van der Waals surface area contributed by atoms with Crippen LogP contribution >= 0.6 is 0 Å². The largest absolute Gasteiger partial charge is 0.305 e. The van der Waals surface area contributed by atoms with Crippen LogP contribution in [0.25, 0.3) is 0 Å². The van der Waals surface area contributed by atoms with Gasteiger partial charge in [0, 0.05) is 12.6 Å². The Hall–Kier alpha value is -0.170. The standard InChI is InChI=1S/C5H15N3O2S/c1-5(8(2)3)4-7-11(6,9)10/h5,7H,4H2,1-3H3,(H2,6,9,10). The zero-order chi connectivity index (χ0) is 9.07. The van der Waals surface area contributed by atoms with Crippen LogP contribution in [-0.4, -0.2) is 40.0 Å². The minimum Gasteiger partial charge on any atom is -0.305 e. The van der Waals surface area contributed by atoms with Crippen LogP contribution in [0.2, 0.25) is 0 Å². The third kappa shape index (κ3) is 6.24. The maximum atomic E-state index is 10.4. The van der Waals surface area contributed by atoms with Crippen LogP contribution in [0.5, 0.6) is 0 Å². The number of hydrogen-bond acceptors (Lipinski definition) is 3. The van der Waals surface area contributed by atoms with Crippen molar-refractivity contribution in [2.24, 2.45) is 5.14 Å². The summed E-state index contributed by atoms with van der Waals surface area (Å²) in [5.41, 5.74) is 0. The van der Waals surface area contributed by atoms with E-state index in [1.807, 2.05) is 25.9 Å². The average Bonchev–Trinajstić information content (AvgIpc) is 1.80. The maximum absolute atomic E-state index is 10.4. The van der Waals surface area contributed by atoms with Crippen LogP contribution in [0.3, 0.4) is 0 Å². The van der Waals surface area contributed by atoms with E-state index >= 15 is 0 Å². The molecule has 0 aliphatic carbocycles. The average molecular weight is 181 g/mol. The fourth-order valence-corrected chi connectivity index (χ4v) is 0.893. The van der Waals surface area contributed by atoms with E-state index < -0.39 is 10.2 Å². The highest BCUT2D eigenvalue weighted by Crippen LogP contribution is 1.88. The zero-order valence-electron chi connectivity index (χ0n) is 7.03. The summed E-state index contributed by atoms with van der Waals surface area (Å²) >= 11 is 0. The Bertz CT molecular complexity index is 200. The molecule has 0 heterocycles. The number of nitrogens with zero attached hydrogens (tertiary/aromatic N) is 1. The second-order valence-electron chi connectivity index (χ2n) is 2.71. The molecule has 0 bridgehead atoms. The first kappa shape index (κ1) is 10.8. The summed E-state index contributed by atoms with van der Waals surface area (Å²) in [4.78, 5) is 1.90. The van der Waals surface area contributed by atoms with Gasteiger partial charge in [0.2, 0.25) is 0 Å². The van der Waals surface area contributed by atoms with Gasteiger partial charge in [-0.3, -0.25) is 0 Å². The molecule has 0 radical (unpaired) electrons. The van der Waals surface area contributed by atoms with E-state index in [9.17, 15) is 8.42 Å². The Morgan fingerprint density at radius 2 is 2.00 bits per heavy atom. The van der Waals surface area contributed by atoms with Gasteiger partial charge >= 0.3 is 0 Å². The lowest BCUT2D eigenvalue weighted by Crippen LogP contribution is -2.40. The molecule has 0 saturated carbocycles. The Kier molecular flexibility index (Phi) is 3.95. The second-order valence-corrected chi connectivity index (χ2v) is 4.08. The van der Waals surface area contributed by atoms with Gasteiger partial charge < -0.3 is 4.90 Å². The van der Waals surface area contributed by atoms with Crippen molar-refractivity contribution in [2.75, 3.05) is 20.6 Å². The molecule has 0 saturated heterocycles. The molecule has 1 atom stereocenters. The quantitative estimate of drug-likeness (QED) is 0.568. The molecule has 1 unspecified atom stereocenters. The topological polar surface area (TPSA) is 75.4 Å². The van der Waals surface area contributed by atoms with E-state index in [1.54, 1.807) is 0 Å². The highest BCUT2D eigenvalue weighted by Gasteiger charge is 2.07. The first-order valence-electron chi connectivity index (χ1n) is 3.26. The monoisotopic (exact) mass is 181 g/mol. The molecular formula is C5H15N3O2S. The summed E-state index contributed by atoms with van der Waals surface area (Å²) in [5.74, 6) is 0. The van der Waals surface area contributed by atoms with Crippen LogP contribution in [0.1, 0.15) is 6.92 Å². The van der Waals surface area contributed by atoms with Crippen molar-refractivity contribution in [3.05, 3.63) is 0 Å². The van der Waals surface area contributed by atoms with Crippen molar-refractivity contribution < 1.29 is 8.42 Å². The van der Waals surface area contributed by atoms with Gasteiger partial charge in [-0.1, -0.05) is 0 Å². The van der Waals surface area contributed by atoms with Crippen molar-refractivity contribution in [3.8, 4) is 0 Å². The van der Waals surface area contributed by atoms with Crippen molar-refractivity contribution in [1.29, 1.82) is 0 Å². The molecule has 0 spiro atoms. The molecule has 0 aromatic carbocycles. The molecule has 11 heavy (non-hydrogen) atoms. The predicted octanol–water partition coefficient (Wildman–Crippen LogP) is -1.27. The molecule has 6 heteroatoms. The van der Waals surface area contributed by atoms with E-state index in [0.29, 0.717) is 6.54 Å². The van der Waals surface area contributed by atoms with Gasteiger partial charge in [0.25, 0.3) is 10.2 Å². The molecule has 0 aliphatic heterocycles. The van der Waals surface area contributed by atoms with Gasteiger partial charge in [0.1, 0.15) is 0 Å². The van der Waals surface area contributed by atoms with E-state index in [0.717, 1.165) is 0 Å². The van der Waals surface area contributed by atoms with E-state index in [4.69, 9.17) is 5.14 Å². The molecule has 5 nitrogen and oxygen atoms in total. The maximum Gasteiger partial charge on any atom is 0.274 e. The molecule has 0 aromatic rings. The minimum absolute atomic E-state index is 0.147. The molecule has 0 amide bonds. The molecule has 0 aliphatic rings. The van der Waals surface area contributed by atoms with Crippen molar-refractivity contribution >= 4 is 10.2 Å². The van der Waals surface area contributed by atoms with Gasteiger partial charge in [0.15, 0.2) is 0 Å². The smallest absolute Gasteiger partial charge is 0.274 e. The number of nitrogens with two attached hydrogens (primary N) is 1. The molecule has 0 fully saturated rings. The zero-order valence-corrected chi connectivity index (χ0v) is 7.85. The first-order chi connectivity index (χ1) is 4.83. The summed E-state index contributed by atoms with van der Waals surface area (Å²) in [7, 11) is 0.212. The van der Waals surface area contributed by atoms with Gasteiger partial charge in [-0.25, -0.2) is 9.86 Å². The lowest BCUT2D eigenvalue weighted by molar-refractivity contribution is 0.314. The molecular weight excluding hydrogens is 166 g/mol. The minimum atomic E-state index is -3.53. The Morgan fingerprint density at radius 3 is 2.27 bits per heavy atom. The molecule has 0 aromatic heterocycles. The number of nitrogens with one attached hydrogen (secondary N) is 1. The van der Waals surface area contributed by atoms with Gasteiger partial charge in [-0.15, -0.1) is 0 Å². The van der Waals surface area contributed by atoms with Crippen LogP contribution in [0.15, 0.2) is 0 Å².